The van der Waals surface area contributed by atoms with Crippen LogP contribution in [0.5, 0.6) is 0 Å². The number of halogens is 1. The number of para-hydroxylation sites is 1. The van der Waals surface area contributed by atoms with Gasteiger partial charge in [-0.3, -0.25) is 0 Å². The Labute approximate surface area is 109 Å². The first-order chi connectivity index (χ1) is 8.25. The van der Waals surface area contributed by atoms with Crippen LogP contribution in [-0.4, -0.2) is 11.0 Å². The lowest BCUT2D eigenvalue weighted by molar-refractivity contribution is 0.332. The van der Waals surface area contributed by atoms with Gasteiger partial charge >= 0.3 is 0 Å². The summed E-state index contributed by atoms with van der Waals surface area (Å²) < 4.78 is 6.83. The van der Waals surface area contributed by atoms with Gasteiger partial charge in [0.2, 0.25) is 0 Å². The quantitative estimate of drug-likeness (QED) is 0.875. The van der Waals surface area contributed by atoms with Crippen molar-refractivity contribution in [3.05, 3.63) is 28.6 Å². The normalized spacial score (nSPS) is 25.3. The summed E-state index contributed by atoms with van der Waals surface area (Å²) in [5.41, 5.74) is 7.90. The van der Waals surface area contributed by atoms with Crippen LogP contribution in [0.15, 0.2) is 27.1 Å². The molecule has 1 aromatic carbocycles. The molecule has 1 saturated carbocycles. The zero-order chi connectivity index (χ0) is 11.8. The van der Waals surface area contributed by atoms with Gasteiger partial charge in [-0.05, 0) is 40.9 Å². The summed E-state index contributed by atoms with van der Waals surface area (Å²) in [6, 6.07) is 6.11. The van der Waals surface area contributed by atoms with E-state index < -0.39 is 0 Å². The van der Waals surface area contributed by atoms with Crippen LogP contribution in [0.4, 0.5) is 0 Å². The number of aromatic nitrogens is 1. The van der Waals surface area contributed by atoms with Crippen molar-refractivity contribution >= 4 is 27.0 Å². The third kappa shape index (κ3) is 2.00. The molecular weight excluding hydrogens is 280 g/mol. The van der Waals surface area contributed by atoms with E-state index in [1.165, 1.54) is 12.8 Å². The standard InChI is InChI=1S/C13H15BrN2O/c14-9-5-3-7-11-12(9)17-13(16-11)8-4-1-2-6-10(8)15/h3,5,7-8,10H,1-2,4,6,15H2. The van der Waals surface area contributed by atoms with Gasteiger partial charge in [0.15, 0.2) is 11.5 Å². The minimum Gasteiger partial charge on any atom is -0.439 e. The van der Waals surface area contributed by atoms with Crippen molar-refractivity contribution in [3.63, 3.8) is 0 Å². The minimum absolute atomic E-state index is 0.190. The van der Waals surface area contributed by atoms with Gasteiger partial charge in [-0.1, -0.05) is 18.9 Å². The zero-order valence-corrected chi connectivity index (χ0v) is 11.1. The van der Waals surface area contributed by atoms with E-state index >= 15 is 0 Å². The molecule has 4 heteroatoms. The van der Waals surface area contributed by atoms with Crippen LogP contribution < -0.4 is 5.73 Å². The first-order valence-corrected chi connectivity index (χ1v) is 6.85. The highest BCUT2D eigenvalue weighted by molar-refractivity contribution is 9.10. The summed E-state index contributed by atoms with van der Waals surface area (Å²) >= 11 is 3.48. The molecule has 1 aromatic heterocycles. The van der Waals surface area contributed by atoms with Crippen molar-refractivity contribution in [2.45, 2.75) is 37.6 Å². The second-order valence-corrected chi connectivity index (χ2v) is 5.55. The maximum atomic E-state index is 6.16. The van der Waals surface area contributed by atoms with Gasteiger partial charge in [0.1, 0.15) is 5.52 Å². The van der Waals surface area contributed by atoms with Crippen molar-refractivity contribution in [1.29, 1.82) is 0 Å². The first kappa shape index (κ1) is 11.2. The SMILES string of the molecule is NC1CCCCC1c1nc2cccc(Br)c2o1. The Morgan fingerprint density at radius 2 is 2.12 bits per heavy atom. The fourth-order valence-corrected chi connectivity index (χ4v) is 2.99. The Hall–Kier alpha value is -0.870. The van der Waals surface area contributed by atoms with E-state index in [-0.39, 0.29) is 12.0 Å². The Morgan fingerprint density at radius 3 is 2.88 bits per heavy atom. The van der Waals surface area contributed by atoms with Gasteiger partial charge in [-0.2, -0.15) is 0 Å². The van der Waals surface area contributed by atoms with E-state index in [4.69, 9.17) is 10.2 Å². The molecule has 0 radical (unpaired) electrons. The Morgan fingerprint density at radius 1 is 1.29 bits per heavy atom. The number of rotatable bonds is 1. The van der Waals surface area contributed by atoms with Crippen LogP contribution in [0.3, 0.4) is 0 Å². The Bertz CT molecular complexity index is 537. The van der Waals surface area contributed by atoms with Crippen LogP contribution >= 0.6 is 15.9 Å². The van der Waals surface area contributed by atoms with E-state index in [1.807, 2.05) is 18.2 Å². The maximum Gasteiger partial charge on any atom is 0.200 e. The van der Waals surface area contributed by atoms with Crippen molar-refractivity contribution < 1.29 is 4.42 Å². The highest BCUT2D eigenvalue weighted by atomic mass is 79.9. The molecule has 2 unspecified atom stereocenters. The van der Waals surface area contributed by atoms with Gasteiger partial charge in [0.05, 0.1) is 10.4 Å². The van der Waals surface area contributed by atoms with Crippen molar-refractivity contribution in [2.24, 2.45) is 5.73 Å². The van der Waals surface area contributed by atoms with E-state index in [9.17, 15) is 0 Å². The van der Waals surface area contributed by atoms with Gasteiger partial charge < -0.3 is 10.2 Å². The molecule has 90 valence electrons. The van der Waals surface area contributed by atoms with Gasteiger partial charge in [0.25, 0.3) is 0 Å². The molecule has 1 aliphatic carbocycles. The second kappa shape index (κ2) is 4.42. The Kier molecular flexibility index (Phi) is 2.92. The number of fused-ring (bicyclic) bond motifs is 1. The lowest BCUT2D eigenvalue weighted by atomic mass is 9.85. The number of hydrogen-bond donors (Lipinski definition) is 1. The minimum atomic E-state index is 0.190. The average Bonchev–Trinajstić information content (AvgIpc) is 2.75. The average molecular weight is 295 g/mol. The molecule has 1 fully saturated rings. The molecule has 0 amide bonds. The molecule has 17 heavy (non-hydrogen) atoms. The van der Waals surface area contributed by atoms with Gasteiger partial charge in [-0.15, -0.1) is 0 Å². The summed E-state index contributed by atoms with van der Waals surface area (Å²) in [5, 5.41) is 0. The molecule has 2 atom stereocenters. The highest BCUT2D eigenvalue weighted by Gasteiger charge is 2.27. The van der Waals surface area contributed by atoms with E-state index in [2.05, 4.69) is 20.9 Å². The fraction of sp³-hybridized carbons (Fsp3) is 0.462. The van der Waals surface area contributed by atoms with E-state index in [0.717, 1.165) is 34.3 Å². The second-order valence-electron chi connectivity index (χ2n) is 4.69. The third-order valence-electron chi connectivity index (χ3n) is 3.52. The van der Waals surface area contributed by atoms with Crippen LogP contribution in [0.25, 0.3) is 11.1 Å². The molecule has 0 aliphatic heterocycles. The molecule has 2 N–H and O–H groups in total. The predicted molar refractivity (Wildman–Crippen MR) is 70.9 cm³/mol. The number of hydrogen-bond acceptors (Lipinski definition) is 3. The number of nitrogens with two attached hydrogens (primary N) is 1. The molecule has 0 spiro atoms. The van der Waals surface area contributed by atoms with Gasteiger partial charge in [-0.25, -0.2) is 4.98 Å². The molecule has 3 rings (SSSR count). The lowest BCUT2D eigenvalue weighted by Gasteiger charge is -2.25. The van der Waals surface area contributed by atoms with Crippen molar-refractivity contribution in [3.8, 4) is 0 Å². The number of oxazole rings is 1. The largest absolute Gasteiger partial charge is 0.439 e. The fourth-order valence-electron chi connectivity index (χ4n) is 2.56. The summed E-state index contributed by atoms with van der Waals surface area (Å²) in [6.07, 6.45) is 4.61. The smallest absolute Gasteiger partial charge is 0.200 e. The molecular formula is C13H15BrN2O. The molecule has 1 aliphatic rings. The topological polar surface area (TPSA) is 52.0 Å². The van der Waals surface area contributed by atoms with E-state index in [1.54, 1.807) is 0 Å². The lowest BCUT2D eigenvalue weighted by Crippen LogP contribution is -2.31. The molecule has 3 nitrogen and oxygen atoms in total. The van der Waals surface area contributed by atoms with Crippen LogP contribution in [0, 0.1) is 0 Å². The first-order valence-electron chi connectivity index (χ1n) is 6.06. The summed E-state index contributed by atoms with van der Waals surface area (Å²) in [5.74, 6) is 1.09. The van der Waals surface area contributed by atoms with Crippen molar-refractivity contribution in [2.75, 3.05) is 0 Å². The van der Waals surface area contributed by atoms with Gasteiger partial charge in [0, 0.05) is 6.04 Å². The van der Waals surface area contributed by atoms with Crippen LogP contribution in [0.2, 0.25) is 0 Å². The predicted octanol–water partition coefficient (Wildman–Crippen LogP) is 3.58. The molecule has 0 saturated heterocycles. The monoisotopic (exact) mass is 294 g/mol. The summed E-state index contributed by atoms with van der Waals surface area (Å²) in [7, 11) is 0. The third-order valence-corrected chi connectivity index (χ3v) is 4.14. The van der Waals surface area contributed by atoms with Crippen molar-refractivity contribution in [1.82, 2.24) is 4.98 Å². The summed E-state index contributed by atoms with van der Waals surface area (Å²) in [6.45, 7) is 0. The van der Waals surface area contributed by atoms with Crippen LogP contribution in [-0.2, 0) is 0 Å². The highest BCUT2D eigenvalue weighted by Crippen LogP contribution is 2.34. The van der Waals surface area contributed by atoms with E-state index in [0.29, 0.717) is 0 Å². The number of nitrogens with zero attached hydrogens (tertiary/aromatic N) is 1. The number of benzene rings is 1. The zero-order valence-electron chi connectivity index (χ0n) is 9.53. The summed E-state index contributed by atoms with van der Waals surface area (Å²) in [4.78, 5) is 4.57. The maximum absolute atomic E-state index is 6.16. The Balaban J connectivity index is 2.02. The van der Waals surface area contributed by atoms with Crippen LogP contribution in [0.1, 0.15) is 37.5 Å². The molecule has 1 heterocycles. The molecule has 0 bridgehead atoms. The molecule has 2 aromatic rings.